The van der Waals surface area contributed by atoms with E-state index in [0.717, 1.165) is 11.3 Å². The number of para-hydroxylation sites is 1. The lowest BCUT2D eigenvalue weighted by Gasteiger charge is -2.18. The van der Waals surface area contributed by atoms with Crippen molar-refractivity contribution in [3.05, 3.63) is 29.8 Å². The third kappa shape index (κ3) is 4.56. The Hall–Kier alpha value is -1.55. The summed E-state index contributed by atoms with van der Waals surface area (Å²) in [6, 6.07) is 7.44. The van der Waals surface area contributed by atoms with Gasteiger partial charge < -0.3 is 10.2 Å². The third-order valence-electron chi connectivity index (χ3n) is 2.90. The molecule has 0 aliphatic carbocycles. The lowest BCUT2D eigenvalue weighted by molar-refractivity contribution is -0.128. The highest BCUT2D eigenvalue weighted by molar-refractivity contribution is 6.19. The molecule has 1 unspecified atom stereocenters. The van der Waals surface area contributed by atoms with Crippen molar-refractivity contribution < 1.29 is 9.59 Å². The van der Waals surface area contributed by atoms with E-state index in [1.807, 2.05) is 24.3 Å². The molecule has 0 saturated carbocycles. The largest absolute Gasteiger partial charge is 0.342 e. The molecule has 19 heavy (non-hydrogen) atoms. The van der Waals surface area contributed by atoms with Crippen LogP contribution in [0.2, 0.25) is 0 Å². The first-order valence-corrected chi connectivity index (χ1v) is 6.65. The summed E-state index contributed by atoms with van der Waals surface area (Å²) >= 11 is 5.67. The first-order chi connectivity index (χ1) is 8.95. The third-order valence-corrected chi connectivity index (χ3v) is 3.36. The van der Waals surface area contributed by atoms with Crippen LogP contribution in [0.3, 0.4) is 0 Å². The molecule has 1 atom stereocenters. The van der Waals surface area contributed by atoms with Crippen molar-refractivity contribution in [1.29, 1.82) is 0 Å². The fraction of sp³-hybridized carbons (Fsp3) is 0.429. The number of amides is 2. The van der Waals surface area contributed by atoms with Gasteiger partial charge in [0.25, 0.3) is 0 Å². The van der Waals surface area contributed by atoms with Crippen LogP contribution in [0.5, 0.6) is 0 Å². The number of hydrogen-bond acceptors (Lipinski definition) is 2. The van der Waals surface area contributed by atoms with Crippen LogP contribution in [-0.2, 0) is 16.1 Å². The fourth-order valence-electron chi connectivity index (χ4n) is 1.47. The molecule has 0 fully saturated rings. The summed E-state index contributed by atoms with van der Waals surface area (Å²) in [4.78, 5) is 24.7. The molecule has 1 aromatic carbocycles. The smallest absolute Gasteiger partial charge is 0.228 e. The van der Waals surface area contributed by atoms with Gasteiger partial charge in [-0.25, -0.2) is 0 Å². The van der Waals surface area contributed by atoms with Crippen LogP contribution < -0.4 is 5.32 Å². The van der Waals surface area contributed by atoms with Gasteiger partial charge in [0.2, 0.25) is 11.8 Å². The van der Waals surface area contributed by atoms with Crippen molar-refractivity contribution in [3.8, 4) is 0 Å². The maximum Gasteiger partial charge on any atom is 0.228 e. The Bertz CT molecular complexity index is 463. The summed E-state index contributed by atoms with van der Waals surface area (Å²) in [6.07, 6.45) is 0. The zero-order valence-corrected chi connectivity index (χ0v) is 12.2. The topological polar surface area (TPSA) is 49.4 Å². The van der Waals surface area contributed by atoms with Gasteiger partial charge in [-0.2, -0.15) is 0 Å². The molecule has 0 aliphatic heterocycles. The molecule has 4 nitrogen and oxygen atoms in total. The minimum atomic E-state index is -0.250. The second-order valence-corrected chi connectivity index (χ2v) is 4.89. The molecule has 0 saturated heterocycles. The van der Waals surface area contributed by atoms with Crippen molar-refractivity contribution in [3.63, 3.8) is 0 Å². The number of nitrogens with one attached hydrogen (secondary N) is 1. The van der Waals surface area contributed by atoms with E-state index in [9.17, 15) is 9.59 Å². The number of rotatable bonds is 5. The van der Waals surface area contributed by atoms with Gasteiger partial charge in [0.15, 0.2) is 0 Å². The summed E-state index contributed by atoms with van der Waals surface area (Å²) < 4.78 is 0. The number of alkyl halides is 1. The van der Waals surface area contributed by atoms with Crippen LogP contribution >= 0.6 is 11.6 Å². The highest BCUT2D eigenvalue weighted by Gasteiger charge is 2.14. The van der Waals surface area contributed by atoms with Gasteiger partial charge in [0, 0.05) is 38.0 Å². The molecule has 1 N–H and O–H groups in total. The van der Waals surface area contributed by atoms with Gasteiger partial charge >= 0.3 is 0 Å². The second kappa shape index (κ2) is 7.14. The molecule has 0 bridgehead atoms. The zero-order valence-electron chi connectivity index (χ0n) is 11.4. The lowest BCUT2D eigenvalue weighted by Crippen LogP contribution is -2.25. The van der Waals surface area contributed by atoms with Crippen molar-refractivity contribution >= 4 is 29.1 Å². The lowest BCUT2D eigenvalue weighted by atomic mass is 10.1. The van der Waals surface area contributed by atoms with E-state index in [-0.39, 0.29) is 23.6 Å². The number of nitrogens with zero attached hydrogens (tertiary/aromatic N) is 1. The second-order valence-electron chi connectivity index (χ2n) is 4.58. The Labute approximate surface area is 118 Å². The van der Waals surface area contributed by atoms with Gasteiger partial charge in [0.05, 0.1) is 0 Å². The predicted molar refractivity (Wildman–Crippen MR) is 77.1 cm³/mol. The van der Waals surface area contributed by atoms with Crippen LogP contribution in [0.1, 0.15) is 19.4 Å². The molecule has 0 spiro atoms. The summed E-state index contributed by atoms with van der Waals surface area (Å²) in [5, 5.41) is 2.84. The molecular formula is C14H19ClN2O2. The summed E-state index contributed by atoms with van der Waals surface area (Å²) in [5.41, 5.74) is 1.62. The van der Waals surface area contributed by atoms with E-state index in [4.69, 9.17) is 11.6 Å². The normalized spacial score (nSPS) is 11.8. The monoisotopic (exact) mass is 282 g/mol. The summed E-state index contributed by atoms with van der Waals surface area (Å²) in [5.74, 6) is -0.107. The SMILES string of the molecule is CC(=O)N(C)Cc1ccccc1NC(=O)C(C)CCl. The van der Waals surface area contributed by atoms with Crippen LogP contribution in [0.15, 0.2) is 24.3 Å². The Balaban J connectivity index is 2.84. The fourth-order valence-corrected chi connectivity index (χ4v) is 1.61. The molecule has 0 aromatic heterocycles. The summed E-state index contributed by atoms with van der Waals surface area (Å²) in [6.45, 7) is 3.74. The van der Waals surface area contributed by atoms with E-state index < -0.39 is 0 Å². The maximum absolute atomic E-state index is 11.8. The van der Waals surface area contributed by atoms with Gasteiger partial charge in [-0.3, -0.25) is 9.59 Å². The van der Waals surface area contributed by atoms with E-state index in [0.29, 0.717) is 6.54 Å². The van der Waals surface area contributed by atoms with Crippen LogP contribution in [0.4, 0.5) is 5.69 Å². The molecule has 104 valence electrons. The van der Waals surface area contributed by atoms with Gasteiger partial charge in [-0.1, -0.05) is 25.1 Å². The van der Waals surface area contributed by atoms with Crippen molar-refractivity contribution in [2.24, 2.45) is 5.92 Å². The van der Waals surface area contributed by atoms with Crippen molar-refractivity contribution in [2.75, 3.05) is 18.2 Å². The van der Waals surface area contributed by atoms with Crippen LogP contribution in [0.25, 0.3) is 0 Å². The van der Waals surface area contributed by atoms with Gasteiger partial charge in [-0.15, -0.1) is 11.6 Å². The number of benzene rings is 1. The highest BCUT2D eigenvalue weighted by Crippen LogP contribution is 2.18. The zero-order chi connectivity index (χ0) is 14.4. The number of carbonyl (C=O) groups is 2. The Kier molecular flexibility index (Phi) is 5.83. The van der Waals surface area contributed by atoms with E-state index in [1.165, 1.54) is 6.92 Å². The van der Waals surface area contributed by atoms with Gasteiger partial charge in [0.1, 0.15) is 0 Å². The molecular weight excluding hydrogens is 264 g/mol. The standard InChI is InChI=1S/C14H19ClN2O2/c1-10(8-15)14(19)16-13-7-5-4-6-12(13)9-17(3)11(2)18/h4-7,10H,8-9H2,1-3H3,(H,16,19). The molecule has 0 radical (unpaired) electrons. The summed E-state index contributed by atoms with van der Waals surface area (Å²) in [7, 11) is 1.72. The Morgan fingerprint density at radius 2 is 2.00 bits per heavy atom. The Morgan fingerprint density at radius 3 is 2.58 bits per heavy atom. The Morgan fingerprint density at radius 1 is 1.37 bits per heavy atom. The van der Waals surface area contributed by atoms with E-state index in [2.05, 4.69) is 5.32 Å². The molecule has 5 heteroatoms. The van der Waals surface area contributed by atoms with Crippen LogP contribution in [-0.4, -0.2) is 29.6 Å². The highest BCUT2D eigenvalue weighted by atomic mass is 35.5. The average Bonchev–Trinajstić information content (AvgIpc) is 2.39. The first-order valence-electron chi connectivity index (χ1n) is 6.12. The molecule has 2 amide bonds. The van der Waals surface area contributed by atoms with E-state index >= 15 is 0 Å². The molecule has 0 aliphatic rings. The number of anilines is 1. The average molecular weight is 283 g/mol. The maximum atomic E-state index is 11.8. The van der Waals surface area contributed by atoms with Crippen molar-refractivity contribution in [2.45, 2.75) is 20.4 Å². The minimum Gasteiger partial charge on any atom is -0.342 e. The van der Waals surface area contributed by atoms with E-state index in [1.54, 1.807) is 18.9 Å². The van der Waals surface area contributed by atoms with Crippen LogP contribution in [0, 0.1) is 5.92 Å². The van der Waals surface area contributed by atoms with Gasteiger partial charge in [-0.05, 0) is 11.6 Å². The molecule has 0 heterocycles. The molecule has 1 rings (SSSR count). The number of carbonyl (C=O) groups excluding carboxylic acids is 2. The molecule has 1 aromatic rings. The minimum absolute atomic E-state index is 0.0183. The predicted octanol–water partition coefficient (Wildman–Crippen LogP) is 2.48. The van der Waals surface area contributed by atoms with Crippen molar-refractivity contribution in [1.82, 2.24) is 4.90 Å². The quantitative estimate of drug-likeness (QED) is 0.844. The first kappa shape index (κ1) is 15.5. The number of hydrogen-bond donors (Lipinski definition) is 1. The number of halogens is 1.